The summed E-state index contributed by atoms with van der Waals surface area (Å²) in [6, 6.07) is 0. The number of unbranched alkanes of at least 4 members (excludes halogenated alkanes) is 2. The third-order valence-corrected chi connectivity index (χ3v) is 3.70. The van der Waals surface area contributed by atoms with Gasteiger partial charge in [0.1, 0.15) is 0 Å². The number of hydrogen-bond acceptors (Lipinski definition) is 2. The normalized spacial score (nSPS) is 22.2. The first-order valence-electron chi connectivity index (χ1n) is 7.85. The summed E-state index contributed by atoms with van der Waals surface area (Å²) in [6.45, 7) is 3.38. The molecule has 0 atom stereocenters. The Balaban J connectivity index is 1.95. The Bertz CT molecular complexity index is 573. The van der Waals surface area contributed by atoms with Crippen molar-refractivity contribution in [3.8, 4) is 0 Å². The van der Waals surface area contributed by atoms with Crippen LogP contribution in [0.2, 0.25) is 0 Å². The highest BCUT2D eigenvalue weighted by molar-refractivity contribution is 6.04. The molecule has 22 heavy (non-hydrogen) atoms. The average Bonchev–Trinajstić information content (AvgIpc) is 2.55. The van der Waals surface area contributed by atoms with E-state index in [9.17, 15) is 4.79 Å². The van der Waals surface area contributed by atoms with E-state index in [4.69, 9.17) is 4.74 Å². The smallest absolute Gasteiger partial charge is 0.220 e. The summed E-state index contributed by atoms with van der Waals surface area (Å²) in [5.41, 5.74) is 2.12. The van der Waals surface area contributed by atoms with Gasteiger partial charge in [-0.3, -0.25) is 9.69 Å². The quantitative estimate of drug-likeness (QED) is 0.764. The summed E-state index contributed by atoms with van der Waals surface area (Å²) in [7, 11) is 1.52. The zero-order chi connectivity index (χ0) is 15.8. The van der Waals surface area contributed by atoms with Crippen LogP contribution in [0, 0.1) is 0 Å². The predicted molar refractivity (Wildman–Crippen MR) is 89.0 cm³/mol. The number of hydrogen-bond donors (Lipinski definition) is 1. The first-order valence-corrected chi connectivity index (χ1v) is 7.85. The third kappa shape index (κ3) is 4.71. The van der Waals surface area contributed by atoms with Gasteiger partial charge < -0.3 is 4.74 Å². The molecule has 2 aliphatic rings. The molecule has 3 heteroatoms. The number of ether oxygens (including phenoxy) is 1. The molecule has 0 aromatic carbocycles. The van der Waals surface area contributed by atoms with Gasteiger partial charge >= 0.3 is 0 Å². The van der Waals surface area contributed by atoms with Crippen LogP contribution in [0.5, 0.6) is 0 Å². The molecule has 0 fully saturated rings. The van der Waals surface area contributed by atoms with Crippen LogP contribution in [-0.4, -0.2) is 19.4 Å². The molecule has 116 valence electrons. The average molecular weight is 298 g/mol. The second-order valence-corrected chi connectivity index (χ2v) is 5.44. The molecule has 1 aliphatic carbocycles. The van der Waals surface area contributed by atoms with E-state index in [1.54, 1.807) is 12.2 Å². The monoisotopic (exact) mass is 298 g/mol. The fourth-order valence-electron chi connectivity index (χ4n) is 2.35. The van der Waals surface area contributed by atoms with Gasteiger partial charge in [0.05, 0.1) is 26.1 Å². The van der Waals surface area contributed by atoms with Crippen LogP contribution in [-0.2, 0) is 9.53 Å². The van der Waals surface area contributed by atoms with E-state index in [1.165, 1.54) is 37.3 Å². The van der Waals surface area contributed by atoms with E-state index in [1.807, 2.05) is 6.08 Å². The second-order valence-electron chi connectivity index (χ2n) is 5.44. The summed E-state index contributed by atoms with van der Waals surface area (Å²) in [5.74, 6) is 0.296. The van der Waals surface area contributed by atoms with Gasteiger partial charge in [-0.05, 0) is 48.3 Å². The highest BCUT2D eigenvalue weighted by Gasteiger charge is 2.10. The van der Waals surface area contributed by atoms with Gasteiger partial charge in [-0.1, -0.05) is 31.6 Å². The lowest BCUT2D eigenvalue weighted by Gasteiger charge is -2.12. The first kappa shape index (κ1) is 16.2. The van der Waals surface area contributed by atoms with Crippen molar-refractivity contribution in [3.05, 3.63) is 71.8 Å². The van der Waals surface area contributed by atoms with Gasteiger partial charge in [-0.25, -0.2) is 0 Å². The minimum atomic E-state index is -0.0870. The number of quaternary nitrogens is 1. The van der Waals surface area contributed by atoms with Gasteiger partial charge in [0.15, 0.2) is 5.76 Å². The number of methoxy groups -OCH3 is 1. The molecule has 0 radical (unpaired) electrons. The molecule has 0 bridgehead atoms. The zero-order valence-electron chi connectivity index (χ0n) is 13.3. The topological polar surface area (TPSA) is 30.7 Å². The van der Waals surface area contributed by atoms with E-state index < -0.39 is 0 Å². The summed E-state index contributed by atoms with van der Waals surface area (Å²) in [5, 5.41) is 0. The van der Waals surface area contributed by atoms with Gasteiger partial charge in [-0.15, -0.1) is 0 Å². The molecule has 0 aromatic heterocycles. The molecule has 1 aliphatic heterocycles. The Labute approximate surface area is 132 Å². The van der Waals surface area contributed by atoms with E-state index in [-0.39, 0.29) is 5.78 Å². The second kappa shape index (κ2) is 8.35. The standard InChI is InChI=1S/C19H23NO2/c1-3-4-5-12-20-13-10-16(11-14-20)6-7-17-8-9-18(21)19(15-17)22-2/h6-11,13-15H,3-5,12H2,1-2H3/p+1. The van der Waals surface area contributed by atoms with Crippen LogP contribution in [0.25, 0.3) is 0 Å². The van der Waals surface area contributed by atoms with E-state index in [2.05, 4.69) is 37.6 Å². The molecule has 3 nitrogen and oxygen atoms in total. The summed E-state index contributed by atoms with van der Waals surface area (Å²) in [4.78, 5) is 12.9. The van der Waals surface area contributed by atoms with E-state index >= 15 is 0 Å². The van der Waals surface area contributed by atoms with Crippen molar-refractivity contribution in [3.63, 3.8) is 0 Å². The lowest BCUT2D eigenvalue weighted by Crippen LogP contribution is -3.03. The molecule has 0 aromatic rings. The summed E-state index contributed by atoms with van der Waals surface area (Å²) in [6.07, 6.45) is 21.6. The van der Waals surface area contributed by atoms with Crippen LogP contribution in [0.1, 0.15) is 26.2 Å². The number of ketones is 1. The Morgan fingerprint density at radius 1 is 1.05 bits per heavy atom. The lowest BCUT2D eigenvalue weighted by molar-refractivity contribution is -0.791. The fourth-order valence-corrected chi connectivity index (χ4v) is 2.35. The highest BCUT2D eigenvalue weighted by Crippen LogP contribution is 2.14. The number of nitrogens with one attached hydrogen (secondary N) is 1. The Morgan fingerprint density at radius 3 is 2.45 bits per heavy atom. The van der Waals surface area contributed by atoms with E-state index in [0.717, 1.165) is 17.7 Å². The number of carbonyl (C=O) groups excluding carboxylic acids is 1. The van der Waals surface area contributed by atoms with Crippen molar-refractivity contribution >= 4 is 5.78 Å². The van der Waals surface area contributed by atoms with Gasteiger partial charge in [0.25, 0.3) is 0 Å². The van der Waals surface area contributed by atoms with Gasteiger partial charge in [-0.2, -0.15) is 0 Å². The highest BCUT2D eigenvalue weighted by atomic mass is 16.5. The van der Waals surface area contributed by atoms with Crippen molar-refractivity contribution in [1.29, 1.82) is 0 Å². The maximum absolute atomic E-state index is 11.5. The Hall–Kier alpha value is -2.13. The zero-order valence-corrected chi connectivity index (χ0v) is 13.3. The largest absolute Gasteiger partial charge is 0.493 e. The maximum atomic E-state index is 11.5. The Kier molecular flexibility index (Phi) is 6.16. The molecule has 0 spiro atoms. The van der Waals surface area contributed by atoms with Gasteiger partial charge in [0.2, 0.25) is 5.78 Å². The maximum Gasteiger partial charge on any atom is 0.220 e. The van der Waals surface area contributed by atoms with Crippen molar-refractivity contribution in [2.24, 2.45) is 0 Å². The third-order valence-electron chi connectivity index (χ3n) is 3.70. The van der Waals surface area contributed by atoms with Crippen molar-refractivity contribution < 1.29 is 14.4 Å². The van der Waals surface area contributed by atoms with Crippen molar-refractivity contribution in [1.82, 2.24) is 0 Å². The van der Waals surface area contributed by atoms with Crippen molar-refractivity contribution in [2.75, 3.05) is 13.7 Å². The molecular weight excluding hydrogens is 274 g/mol. The summed E-state index contributed by atoms with van der Waals surface area (Å²) >= 11 is 0. The molecule has 0 saturated heterocycles. The SMILES string of the molecule is CCCCC[NH+]1C=CC(=CC=C2C=CC(=O)C(OC)=C2)C=C1. The van der Waals surface area contributed by atoms with Crippen LogP contribution in [0.4, 0.5) is 0 Å². The van der Waals surface area contributed by atoms with Gasteiger partial charge in [0, 0.05) is 0 Å². The summed E-state index contributed by atoms with van der Waals surface area (Å²) < 4.78 is 5.05. The molecule has 1 N–H and O–H groups in total. The number of carbonyl (C=O) groups is 1. The molecular formula is C19H24NO2+. The van der Waals surface area contributed by atoms with Crippen LogP contribution >= 0.6 is 0 Å². The first-order chi connectivity index (χ1) is 10.7. The molecule has 0 saturated carbocycles. The lowest BCUT2D eigenvalue weighted by atomic mass is 10.1. The molecule has 2 rings (SSSR count). The van der Waals surface area contributed by atoms with Crippen LogP contribution in [0.15, 0.2) is 71.8 Å². The minimum absolute atomic E-state index is 0.0870. The molecule has 0 amide bonds. The van der Waals surface area contributed by atoms with Crippen molar-refractivity contribution in [2.45, 2.75) is 26.2 Å². The fraction of sp³-hybridized carbons (Fsp3) is 0.316. The van der Waals surface area contributed by atoms with Crippen LogP contribution in [0.3, 0.4) is 0 Å². The predicted octanol–water partition coefficient (Wildman–Crippen LogP) is 2.62. The number of rotatable bonds is 6. The van der Waals surface area contributed by atoms with E-state index in [0.29, 0.717) is 5.76 Å². The molecule has 1 heterocycles. The number of allylic oxidation sites excluding steroid dienone is 9. The Morgan fingerprint density at radius 2 is 1.77 bits per heavy atom. The van der Waals surface area contributed by atoms with Crippen LogP contribution < -0.4 is 4.90 Å². The molecule has 0 unspecified atom stereocenters. The minimum Gasteiger partial charge on any atom is -0.493 e.